The van der Waals surface area contributed by atoms with Crippen LogP contribution in [-0.4, -0.2) is 29.7 Å². The van der Waals surface area contributed by atoms with E-state index >= 15 is 0 Å². The molecule has 0 aliphatic carbocycles. The fourth-order valence-corrected chi connectivity index (χ4v) is 2.64. The molecule has 1 fully saturated rings. The normalized spacial score (nSPS) is 20.1. The van der Waals surface area contributed by atoms with Crippen molar-refractivity contribution in [3.8, 4) is 11.8 Å². The van der Waals surface area contributed by atoms with E-state index in [9.17, 15) is 4.39 Å². The number of aliphatic hydroxyl groups excluding tert-OH is 1. The third-order valence-corrected chi connectivity index (χ3v) is 3.85. The number of rotatable bonds is 2. The van der Waals surface area contributed by atoms with Crippen molar-refractivity contribution < 1.29 is 9.50 Å². The highest BCUT2D eigenvalue weighted by Gasteiger charge is 2.14. The number of benzene rings is 1. The van der Waals surface area contributed by atoms with Gasteiger partial charge in [0, 0.05) is 6.54 Å². The summed E-state index contributed by atoms with van der Waals surface area (Å²) in [6.07, 6.45) is 3.77. The minimum atomic E-state index is -0.320. The molecule has 1 unspecified atom stereocenters. The number of nitrogens with zero attached hydrogens (tertiary/aromatic N) is 1. The van der Waals surface area contributed by atoms with Crippen molar-refractivity contribution in [3.05, 3.63) is 35.1 Å². The average molecular weight is 275 g/mol. The minimum absolute atomic E-state index is 0.242. The molecule has 1 N–H and O–H groups in total. The van der Waals surface area contributed by atoms with E-state index in [-0.39, 0.29) is 12.4 Å². The van der Waals surface area contributed by atoms with Crippen molar-refractivity contribution in [2.75, 3.05) is 19.7 Å². The molecule has 1 aromatic carbocycles. The molecule has 0 amide bonds. The maximum absolute atomic E-state index is 13.6. The highest BCUT2D eigenvalue weighted by molar-refractivity contribution is 5.38. The van der Waals surface area contributed by atoms with Gasteiger partial charge in [0.05, 0.1) is 5.56 Å². The van der Waals surface area contributed by atoms with Gasteiger partial charge in [-0.3, -0.25) is 4.90 Å². The van der Waals surface area contributed by atoms with E-state index in [1.165, 1.54) is 25.3 Å². The van der Waals surface area contributed by atoms with Gasteiger partial charge in [-0.15, -0.1) is 0 Å². The first-order valence-electron chi connectivity index (χ1n) is 7.29. The van der Waals surface area contributed by atoms with Gasteiger partial charge in [-0.2, -0.15) is 0 Å². The first-order valence-corrected chi connectivity index (χ1v) is 7.29. The molecule has 3 heteroatoms. The molecule has 1 aliphatic rings. The quantitative estimate of drug-likeness (QED) is 0.839. The summed E-state index contributed by atoms with van der Waals surface area (Å²) in [5.74, 6) is 5.65. The van der Waals surface area contributed by atoms with Gasteiger partial charge >= 0.3 is 0 Å². The van der Waals surface area contributed by atoms with E-state index in [4.69, 9.17) is 5.11 Å². The summed E-state index contributed by atoms with van der Waals surface area (Å²) in [6, 6.07) is 5.09. The van der Waals surface area contributed by atoms with Gasteiger partial charge in [0.2, 0.25) is 0 Å². The second-order valence-corrected chi connectivity index (χ2v) is 5.59. The van der Waals surface area contributed by atoms with Crippen molar-refractivity contribution >= 4 is 0 Å². The lowest BCUT2D eigenvalue weighted by Crippen LogP contribution is -2.24. The van der Waals surface area contributed by atoms with Gasteiger partial charge in [-0.1, -0.05) is 24.8 Å². The number of hydrogen-bond donors (Lipinski definition) is 1. The highest BCUT2D eigenvalue weighted by atomic mass is 19.1. The molecule has 0 radical (unpaired) electrons. The second kappa shape index (κ2) is 7.42. The average Bonchev–Trinajstić information content (AvgIpc) is 2.64. The summed E-state index contributed by atoms with van der Waals surface area (Å²) >= 11 is 0. The Morgan fingerprint density at radius 1 is 1.35 bits per heavy atom. The topological polar surface area (TPSA) is 23.5 Å². The third kappa shape index (κ3) is 4.33. The maximum atomic E-state index is 13.6. The van der Waals surface area contributed by atoms with Crippen LogP contribution in [0.1, 0.15) is 37.3 Å². The Kier molecular flexibility index (Phi) is 5.58. The molecule has 1 aromatic rings. The molecule has 0 spiro atoms. The fraction of sp³-hybridized carbons (Fsp3) is 0.529. The van der Waals surface area contributed by atoms with Crippen molar-refractivity contribution in [1.29, 1.82) is 0 Å². The lowest BCUT2D eigenvalue weighted by molar-refractivity contribution is 0.273. The molecule has 1 aliphatic heterocycles. The molecule has 0 saturated carbocycles. The van der Waals surface area contributed by atoms with E-state index in [1.807, 2.05) is 6.07 Å². The Balaban J connectivity index is 2.05. The van der Waals surface area contributed by atoms with Crippen LogP contribution in [0, 0.1) is 23.6 Å². The number of aliphatic hydroxyl groups is 1. The zero-order valence-electron chi connectivity index (χ0n) is 12.0. The lowest BCUT2D eigenvalue weighted by Gasteiger charge is -2.20. The summed E-state index contributed by atoms with van der Waals surface area (Å²) in [4.78, 5) is 2.43. The molecule has 2 nitrogen and oxygen atoms in total. The molecule has 108 valence electrons. The van der Waals surface area contributed by atoms with Crippen molar-refractivity contribution in [3.63, 3.8) is 0 Å². The monoisotopic (exact) mass is 275 g/mol. The Morgan fingerprint density at radius 2 is 2.20 bits per heavy atom. The summed E-state index contributed by atoms with van der Waals surface area (Å²) in [5, 5.41) is 8.70. The Labute approximate surface area is 120 Å². The van der Waals surface area contributed by atoms with E-state index in [2.05, 4.69) is 23.7 Å². The molecular weight excluding hydrogens is 253 g/mol. The first kappa shape index (κ1) is 15.0. The number of likely N-dealkylation sites (tertiary alicyclic amines) is 1. The Hall–Kier alpha value is -1.37. The highest BCUT2D eigenvalue weighted by Crippen LogP contribution is 2.19. The van der Waals surface area contributed by atoms with Crippen LogP contribution in [0.2, 0.25) is 0 Å². The summed E-state index contributed by atoms with van der Waals surface area (Å²) in [7, 11) is 0. The van der Waals surface area contributed by atoms with Crippen LogP contribution in [0.5, 0.6) is 0 Å². The molecule has 1 saturated heterocycles. The van der Waals surface area contributed by atoms with Crippen molar-refractivity contribution in [1.82, 2.24) is 4.90 Å². The summed E-state index contributed by atoms with van der Waals surface area (Å²) < 4.78 is 13.6. The Morgan fingerprint density at radius 3 is 3.00 bits per heavy atom. The van der Waals surface area contributed by atoms with Crippen LogP contribution < -0.4 is 0 Å². The molecule has 1 atom stereocenters. The minimum Gasteiger partial charge on any atom is -0.384 e. The molecular formula is C17H22FNO. The molecule has 1 heterocycles. The zero-order valence-corrected chi connectivity index (χ0v) is 12.0. The lowest BCUT2D eigenvalue weighted by atomic mass is 10.0. The van der Waals surface area contributed by atoms with E-state index in [1.54, 1.807) is 6.07 Å². The SMILES string of the molecule is CC1CCCN(Cc2ccc(F)c(C#CCO)c2)CC1. The van der Waals surface area contributed by atoms with Crippen LogP contribution in [0.3, 0.4) is 0 Å². The van der Waals surface area contributed by atoms with Gasteiger partial charge in [0.15, 0.2) is 0 Å². The van der Waals surface area contributed by atoms with Crippen LogP contribution in [-0.2, 0) is 6.54 Å². The van der Waals surface area contributed by atoms with E-state index in [0.29, 0.717) is 5.56 Å². The van der Waals surface area contributed by atoms with E-state index in [0.717, 1.165) is 31.1 Å². The summed E-state index contributed by atoms with van der Waals surface area (Å²) in [6.45, 7) is 5.13. The van der Waals surface area contributed by atoms with Crippen molar-refractivity contribution in [2.24, 2.45) is 5.92 Å². The van der Waals surface area contributed by atoms with E-state index < -0.39 is 0 Å². The Bertz CT molecular complexity index is 503. The fourth-order valence-electron chi connectivity index (χ4n) is 2.64. The smallest absolute Gasteiger partial charge is 0.138 e. The van der Waals surface area contributed by atoms with Gasteiger partial charge < -0.3 is 5.11 Å². The molecule has 0 bridgehead atoms. The molecule has 2 rings (SSSR count). The molecule has 20 heavy (non-hydrogen) atoms. The molecule has 0 aromatic heterocycles. The van der Waals surface area contributed by atoms with Crippen LogP contribution in [0.25, 0.3) is 0 Å². The van der Waals surface area contributed by atoms with Gasteiger partial charge in [0.1, 0.15) is 12.4 Å². The zero-order chi connectivity index (χ0) is 14.4. The van der Waals surface area contributed by atoms with Crippen LogP contribution in [0.15, 0.2) is 18.2 Å². The third-order valence-electron chi connectivity index (χ3n) is 3.85. The standard InChI is InChI=1S/C17H22FNO/c1-14-4-2-9-19(10-8-14)13-15-6-7-17(18)16(12-15)5-3-11-20/h6-7,12,14,20H,2,4,8-11,13H2,1H3. The van der Waals surface area contributed by atoms with Crippen LogP contribution >= 0.6 is 0 Å². The largest absolute Gasteiger partial charge is 0.384 e. The maximum Gasteiger partial charge on any atom is 0.138 e. The van der Waals surface area contributed by atoms with Gasteiger partial charge in [-0.25, -0.2) is 4.39 Å². The number of halogens is 1. The summed E-state index contributed by atoms with van der Waals surface area (Å²) in [5.41, 5.74) is 1.46. The number of hydrogen-bond acceptors (Lipinski definition) is 2. The predicted octanol–water partition coefficient (Wildman–Crippen LogP) is 2.79. The second-order valence-electron chi connectivity index (χ2n) is 5.59. The first-order chi connectivity index (χ1) is 9.69. The van der Waals surface area contributed by atoms with Gasteiger partial charge in [-0.05, 0) is 56.0 Å². The van der Waals surface area contributed by atoms with Gasteiger partial charge in [0.25, 0.3) is 0 Å². The van der Waals surface area contributed by atoms with Crippen molar-refractivity contribution in [2.45, 2.75) is 32.7 Å². The predicted molar refractivity (Wildman–Crippen MR) is 78.7 cm³/mol. The van der Waals surface area contributed by atoms with Crippen LogP contribution in [0.4, 0.5) is 4.39 Å².